The summed E-state index contributed by atoms with van der Waals surface area (Å²) in [4.78, 5) is 0. The van der Waals surface area contributed by atoms with E-state index in [1.54, 1.807) is 23.9 Å². The molecule has 0 unspecified atom stereocenters. The monoisotopic (exact) mass is 389 g/mol. The third-order valence-electron chi connectivity index (χ3n) is 4.48. The molecule has 0 N–H and O–H groups in total. The van der Waals surface area contributed by atoms with Gasteiger partial charge >= 0.3 is 0 Å². The van der Waals surface area contributed by atoms with E-state index >= 15 is 0 Å². The average Bonchev–Trinajstić information content (AvgIpc) is 3.11. The Hall–Kier alpha value is -2.92. The van der Waals surface area contributed by atoms with Crippen LogP contribution in [0.5, 0.6) is 0 Å². The summed E-state index contributed by atoms with van der Waals surface area (Å²) in [7, 11) is 0. The molecule has 3 nitrogen and oxygen atoms in total. The van der Waals surface area contributed by atoms with Crippen LogP contribution >= 0.6 is 11.8 Å². The van der Waals surface area contributed by atoms with Crippen LogP contribution in [0.3, 0.4) is 0 Å². The van der Waals surface area contributed by atoms with Crippen LogP contribution in [0.4, 0.5) is 4.39 Å². The van der Waals surface area contributed by atoms with Crippen molar-refractivity contribution >= 4 is 11.8 Å². The van der Waals surface area contributed by atoms with Crippen LogP contribution in [0.1, 0.15) is 22.5 Å². The average molecular weight is 389 g/mol. The van der Waals surface area contributed by atoms with Crippen molar-refractivity contribution in [2.24, 2.45) is 0 Å². The number of hydrogen-bond donors (Lipinski definition) is 0. The van der Waals surface area contributed by atoms with Crippen LogP contribution < -0.4 is 0 Å². The molecule has 1 heterocycles. The number of nitrogens with zero attached hydrogens (tertiary/aromatic N) is 3. The molecular weight excluding hydrogens is 369 g/mol. The molecule has 0 bridgehead atoms. The van der Waals surface area contributed by atoms with E-state index in [1.807, 2.05) is 18.2 Å². The first-order valence-corrected chi connectivity index (χ1v) is 10.1. The topological polar surface area (TPSA) is 30.7 Å². The molecule has 5 heteroatoms. The maximum Gasteiger partial charge on any atom is 0.196 e. The number of thioether (sulfide) groups is 1. The molecule has 0 amide bonds. The van der Waals surface area contributed by atoms with E-state index in [9.17, 15) is 4.39 Å². The molecule has 4 rings (SSSR count). The van der Waals surface area contributed by atoms with Gasteiger partial charge in [0.1, 0.15) is 11.6 Å². The second-order valence-corrected chi connectivity index (χ2v) is 7.59. The smallest absolute Gasteiger partial charge is 0.196 e. The predicted molar refractivity (Wildman–Crippen MR) is 111 cm³/mol. The van der Waals surface area contributed by atoms with Gasteiger partial charge in [-0.1, -0.05) is 71.9 Å². The summed E-state index contributed by atoms with van der Waals surface area (Å²) in [5.74, 6) is 1.38. The summed E-state index contributed by atoms with van der Waals surface area (Å²) < 4.78 is 15.3. The fourth-order valence-corrected chi connectivity index (χ4v) is 3.90. The van der Waals surface area contributed by atoms with E-state index in [-0.39, 0.29) is 5.82 Å². The van der Waals surface area contributed by atoms with Crippen LogP contribution in [0, 0.1) is 12.7 Å². The number of aryl methyl sites for hydroxylation is 1. The zero-order chi connectivity index (χ0) is 19.3. The molecule has 0 saturated heterocycles. The minimum atomic E-state index is -0.221. The Labute approximate surface area is 168 Å². The summed E-state index contributed by atoms with van der Waals surface area (Å²) in [5.41, 5.74) is 4.50. The largest absolute Gasteiger partial charge is 0.274 e. The molecule has 0 atom stereocenters. The van der Waals surface area contributed by atoms with Gasteiger partial charge in [0.25, 0.3) is 0 Å². The van der Waals surface area contributed by atoms with Gasteiger partial charge in [-0.25, -0.2) is 4.39 Å². The van der Waals surface area contributed by atoms with E-state index in [0.29, 0.717) is 12.2 Å². The fourth-order valence-electron chi connectivity index (χ4n) is 2.97. The second kappa shape index (κ2) is 8.40. The Kier molecular flexibility index (Phi) is 5.53. The van der Waals surface area contributed by atoms with Gasteiger partial charge in [0, 0.05) is 17.9 Å². The van der Waals surface area contributed by atoms with Crippen molar-refractivity contribution in [2.45, 2.75) is 24.3 Å². The van der Waals surface area contributed by atoms with Crippen LogP contribution in [0.25, 0.3) is 5.69 Å². The Morgan fingerprint density at radius 2 is 1.54 bits per heavy atom. The second-order valence-electron chi connectivity index (χ2n) is 6.65. The molecule has 1 aromatic heterocycles. The lowest BCUT2D eigenvalue weighted by Gasteiger charge is -2.11. The van der Waals surface area contributed by atoms with Crippen LogP contribution in [-0.2, 0) is 12.2 Å². The van der Waals surface area contributed by atoms with Crippen molar-refractivity contribution in [3.05, 3.63) is 107 Å². The molecule has 0 radical (unpaired) electrons. The highest BCUT2D eigenvalue weighted by Gasteiger charge is 2.15. The van der Waals surface area contributed by atoms with Gasteiger partial charge in [0.2, 0.25) is 0 Å². The Bertz CT molecular complexity index is 1040. The van der Waals surface area contributed by atoms with Crippen molar-refractivity contribution in [1.82, 2.24) is 14.8 Å². The quantitative estimate of drug-likeness (QED) is 0.402. The highest BCUT2D eigenvalue weighted by atomic mass is 32.2. The minimum Gasteiger partial charge on any atom is -0.274 e. The normalized spacial score (nSPS) is 10.9. The summed E-state index contributed by atoms with van der Waals surface area (Å²) >= 11 is 1.60. The highest BCUT2D eigenvalue weighted by Crippen LogP contribution is 2.26. The first kappa shape index (κ1) is 18.4. The number of hydrogen-bond acceptors (Lipinski definition) is 3. The summed E-state index contributed by atoms with van der Waals surface area (Å²) in [6.45, 7) is 2.07. The zero-order valence-electron chi connectivity index (χ0n) is 15.5. The van der Waals surface area contributed by atoms with E-state index < -0.39 is 0 Å². The van der Waals surface area contributed by atoms with Gasteiger partial charge < -0.3 is 0 Å². The summed E-state index contributed by atoms with van der Waals surface area (Å²) in [5, 5.41) is 9.75. The Morgan fingerprint density at radius 3 is 2.25 bits per heavy atom. The van der Waals surface area contributed by atoms with Crippen LogP contribution in [0.15, 0.2) is 84.0 Å². The van der Waals surface area contributed by atoms with Crippen LogP contribution in [0.2, 0.25) is 0 Å². The van der Waals surface area contributed by atoms with Gasteiger partial charge in [0.05, 0.1) is 0 Å². The zero-order valence-corrected chi connectivity index (χ0v) is 16.4. The maximum absolute atomic E-state index is 13.1. The van der Waals surface area contributed by atoms with Crippen molar-refractivity contribution in [3.63, 3.8) is 0 Å². The van der Waals surface area contributed by atoms with Gasteiger partial charge in [0.15, 0.2) is 5.16 Å². The summed E-state index contributed by atoms with van der Waals surface area (Å²) in [6, 6.07) is 25.2. The first-order chi connectivity index (χ1) is 13.7. The highest BCUT2D eigenvalue weighted by molar-refractivity contribution is 7.98. The molecule has 0 spiro atoms. The van der Waals surface area contributed by atoms with Crippen molar-refractivity contribution in [3.8, 4) is 5.69 Å². The van der Waals surface area contributed by atoms with Gasteiger partial charge in [-0.15, -0.1) is 10.2 Å². The molecule has 0 aliphatic carbocycles. The molecule has 0 aliphatic rings. The number of rotatable bonds is 6. The minimum absolute atomic E-state index is 0.221. The molecule has 140 valence electrons. The number of aromatic nitrogens is 3. The van der Waals surface area contributed by atoms with Crippen molar-refractivity contribution in [2.75, 3.05) is 0 Å². The molecule has 28 heavy (non-hydrogen) atoms. The van der Waals surface area contributed by atoms with Gasteiger partial charge in [-0.05, 0) is 42.3 Å². The van der Waals surface area contributed by atoms with Crippen molar-refractivity contribution < 1.29 is 4.39 Å². The fraction of sp³-hybridized carbons (Fsp3) is 0.130. The molecule has 3 aromatic carbocycles. The van der Waals surface area contributed by atoms with E-state index in [0.717, 1.165) is 22.2 Å². The maximum atomic E-state index is 13.1. The van der Waals surface area contributed by atoms with Crippen LogP contribution in [-0.4, -0.2) is 14.8 Å². The van der Waals surface area contributed by atoms with Gasteiger partial charge in [-0.3, -0.25) is 4.57 Å². The molecule has 4 aromatic rings. The lowest BCUT2D eigenvalue weighted by molar-refractivity contribution is 0.627. The summed E-state index contributed by atoms with van der Waals surface area (Å²) in [6.07, 6.45) is 0.707. The SMILES string of the molecule is Cc1ccc(-n2c(Cc3ccccc3)nnc2SCc2ccc(F)cc2)cc1. The van der Waals surface area contributed by atoms with Crippen molar-refractivity contribution in [1.29, 1.82) is 0 Å². The van der Waals surface area contributed by atoms with E-state index in [4.69, 9.17) is 0 Å². The lowest BCUT2D eigenvalue weighted by atomic mass is 10.1. The molecular formula is C23H20FN3S. The Morgan fingerprint density at radius 1 is 0.821 bits per heavy atom. The van der Waals surface area contributed by atoms with Gasteiger partial charge in [-0.2, -0.15) is 0 Å². The molecule has 0 fully saturated rings. The number of halogens is 1. The molecule has 0 aliphatic heterocycles. The van der Waals surface area contributed by atoms with E-state index in [1.165, 1.54) is 23.3 Å². The number of benzene rings is 3. The third-order valence-corrected chi connectivity index (χ3v) is 5.48. The lowest BCUT2D eigenvalue weighted by Crippen LogP contribution is -2.04. The predicted octanol–water partition coefficient (Wildman–Crippen LogP) is 5.60. The first-order valence-electron chi connectivity index (χ1n) is 9.11. The molecule has 0 saturated carbocycles. The standard InChI is InChI=1S/C23H20FN3S/c1-17-7-13-21(14-8-17)27-22(15-18-5-3-2-4-6-18)25-26-23(27)28-16-19-9-11-20(24)12-10-19/h2-14H,15-16H2,1H3. The third kappa shape index (κ3) is 4.31. The Balaban J connectivity index is 1.65. The van der Waals surface area contributed by atoms with E-state index in [2.05, 4.69) is 58.1 Å².